The van der Waals surface area contributed by atoms with E-state index < -0.39 is 40.9 Å². The molecule has 6 unspecified atom stereocenters. The number of esters is 4. The minimum absolute atomic E-state index is 0.0334. The molecule has 0 saturated heterocycles. The molecule has 2 saturated carbocycles. The maximum atomic E-state index is 13.3. The van der Waals surface area contributed by atoms with Crippen LogP contribution in [0.5, 0.6) is 11.5 Å². The van der Waals surface area contributed by atoms with Crippen LogP contribution >= 0.6 is 0 Å². The first kappa shape index (κ1) is 36.2. The minimum Gasteiger partial charge on any atom is -0.462 e. The van der Waals surface area contributed by atoms with Crippen molar-refractivity contribution in [3.63, 3.8) is 0 Å². The lowest BCUT2D eigenvalue weighted by atomic mass is 9.61. The van der Waals surface area contributed by atoms with Gasteiger partial charge in [-0.2, -0.15) is 0 Å². The van der Waals surface area contributed by atoms with Crippen LogP contribution in [-0.2, 0) is 19.1 Å². The number of rotatable bonds is 10. The number of hydrogen-bond donors (Lipinski definition) is 5. The molecule has 13 nitrogen and oxygen atoms in total. The van der Waals surface area contributed by atoms with E-state index in [2.05, 4.69) is 41.5 Å². The Morgan fingerprint density at radius 3 is 1.46 bits per heavy atom. The van der Waals surface area contributed by atoms with Crippen LogP contribution in [0.2, 0.25) is 0 Å². The largest absolute Gasteiger partial charge is 0.462 e. The Balaban J connectivity index is 1.52. The quantitative estimate of drug-likeness (QED) is 0.101. The summed E-state index contributed by atoms with van der Waals surface area (Å²) in [5.41, 5.74) is 29.5. The SMILES string of the molecule is Cc1cc(N)c(OC(=O)C(=O)Oc2c(N)cc(N)c(N)c2C(=O)OCC2CC(C)C2C(C)C)c(C(=O)OCC2CC(C)C2C(C)C)c1N. The first-order valence-electron chi connectivity index (χ1n) is 16.4. The zero-order valence-corrected chi connectivity index (χ0v) is 28.8. The summed E-state index contributed by atoms with van der Waals surface area (Å²) in [4.78, 5) is 52.8. The Hall–Kier alpha value is -4.68. The van der Waals surface area contributed by atoms with Crippen molar-refractivity contribution in [2.45, 2.75) is 61.3 Å². The lowest BCUT2D eigenvalue weighted by Gasteiger charge is -2.45. The summed E-state index contributed by atoms with van der Waals surface area (Å²) in [6, 6.07) is 2.57. The number of aryl methyl sites for hydroxylation is 1. The Labute approximate surface area is 281 Å². The van der Waals surface area contributed by atoms with Gasteiger partial charge >= 0.3 is 23.9 Å². The molecule has 0 spiro atoms. The summed E-state index contributed by atoms with van der Waals surface area (Å²) in [6.07, 6.45) is 1.79. The van der Waals surface area contributed by atoms with Gasteiger partial charge < -0.3 is 47.6 Å². The van der Waals surface area contributed by atoms with E-state index in [1.807, 2.05) is 0 Å². The van der Waals surface area contributed by atoms with Gasteiger partial charge in [0.25, 0.3) is 0 Å². The molecule has 0 amide bonds. The number of benzene rings is 2. The van der Waals surface area contributed by atoms with E-state index in [4.69, 9.17) is 47.6 Å². The molecule has 2 aromatic rings. The second-order valence-electron chi connectivity index (χ2n) is 14.1. The molecule has 2 aliphatic rings. The van der Waals surface area contributed by atoms with Crippen molar-refractivity contribution in [2.24, 2.45) is 47.3 Å². The van der Waals surface area contributed by atoms with Gasteiger partial charge in [0.05, 0.1) is 41.7 Å². The number of nitrogen functional groups attached to an aromatic ring is 5. The van der Waals surface area contributed by atoms with Crippen molar-refractivity contribution in [3.05, 3.63) is 28.8 Å². The summed E-state index contributed by atoms with van der Waals surface area (Å²) >= 11 is 0. The van der Waals surface area contributed by atoms with Crippen molar-refractivity contribution in [1.29, 1.82) is 0 Å². The van der Waals surface area contributed by atoms with E-state index in [1.54, 1.807) is 6.92 Å². The molecule has 13 heteroatoms. The van der Waals surface area contributed by atoms with E-state index in [9.17, 15) is 19.2 Å². The second-order valence-corrected chi connectivity index (χ2v) is 14.1. The summed E-state index contributed by atoms with van der Waals surface area (Å²) in [5.74, 6) is -3.06. The molecule has 2 aromatic carbocycles. The minimum atomic E-state index is -1.59. The van der Waals surface area contributed by atoms with Gasteiger partial charge in [-0.15, -0.1) is 0 Å². The summed E-state index contributed by atoms with van der Waals surface area (Å²) in [6.45, 7) is 14.7. The number of ether oxygens (including phenoxy) is 4. The van der Waals surface area contributed by atoms with Crippen molar-refractivity contribution in [1.82, 2.24) is 0 Å². The topological polar surface area (TPSA) is 235 Å². The summed E-state index contributed by atoms with van der Waals surface area (Å²) in [7, 11) is 0. The molecule has 4 rings (SSSR count). The third kappa shape index (κ3) is 7.09. The molecule has 48 heavy (non-hydrogen) atoms. The third-order valence-electron chi connectivity index (χ3n) is 10.0. The van der Waals surface area contributed by atoms with Crippen molar-refractivity contribution >= 4 is 52.3 Å². The van der Waals surface area contributed by atoms with Gasteiger partial charge in [0.1, 0.15) is 11.1 Å². The lowest BCUT2D eigenvalue weighted by Crippen LogP contribution is -2.41. The standard InChI is InChI=1S/C35H49N5O8/c1-14(2)24-16(5)8-19(24)12-45-32(41)26-28(39)18(7)10-22(37)30(26)47-34(43)35(44)48-31-23(38)11-21(36)29(40)27(31)33(42)46-13-20-9-17(6)25(20)15(3)4/h10-11,14-17,19-20,24-25H,8-9,12-13,36-40H2,1-7H3. The molecule has 262 valence electrons. The Morgan fingerprint density at radius 2 is 1.06 bits per heavy atom. The van der Waals surface area contributed by atoms with Crippen LogP contribution in [0.25, 0.3) is 0 Å². The van der Waals surface area contributed by atoms with Crippen LogP contribution in [-0.4, -0.2) is 37.1 Å². The fraction of sp³-hybridized carbons (Fsp3) is 0.543. The Morgan fingerprint density at radius 1 is 0.667 bits per heavy atom. The van der Waals surface area contributed by atoms with Gasteiger partial charge in [0.15, 0.2) is 11.5 Å². The van der Waals surface area contributed by atoms with Crippen molar-refractivity contribution in [3.8, 4) is 11.5 Å². The van der Waals surface area contributed by atoms with Crippen LogP contribution in [0.1, 0.15) is 80.7 Å². The van der Waals surface area contributed by atoms with Gasteiger partial charge in [-0.05, 0) is 84.8 Å². The van der Waals surface area contributed by atoms with E-state index >= 15 is 0 Å². The molecule has 0 aliphatic heterocycles. The Bertz CT molecular complexity index is 1480. The Kier molecular flexibility index (Phi) is 10.7. The maximum Gasteiger partial charge on any atom is 0.423 e. The van der Waals surface area contributed by atoms with Crippen LogP contribution in [0.3, 0.4) is 0 Å². The average molecular weight is 668 g/mol. The molecule has 0 heterocycles. The van der Waals surface area contributed by atoms with Crippen LogP contribution in [0, 0.1) is 54.3 Å². The zero-order valence-electron chi connectivity index (χ0n) is 28.8. The van der Waals surface area contributed by atoms with Gasteiger partial charge in [0, 0.05) is 0 Å². The van der Waals surface area contributed by atoms with E-state index in [0.717, 1.165) is 12.8 Å². The third-order valence-corrected chi connectivity index (χ3v) is 10.0. The van der Waals surface area contributed by atoms with E-state index in [1.165, 1.54) is 12.1 Å². The number of hydrogen-bond acceptors (Lipinski definition) is 13. The highest BCUT2D eigenvalue weighted by atomic mass is 16.6. The molecular weight excluding hydrogens is 618 g/mol. The van der Waals surface area contributed by atoms with Gasteiger partial charge in [-0.25, -0.2) is 19.2 Å². The number of carbonyl (C=O) groups excluding carboxylic acids is 4. The molecule has 6 atom stereocenters. The monoisotopic (exact) mass is 667 g/mol. The molecule has 2 aliphatic carbocycles. The van der Waals surface area contributed by atoms with E-state index in [-0.39, 0.29) is 59.0 Å². The molecule has 0 radical (unpaired) electrons. The zero-order chi connectivity index (χ0) is 35.8. The molecule has 0 aromatic heterocycles. The predicted molar refractivity (Wildman–Crippen MR) is 183 cm³/mol. The van der Waals surface area contributed by atoms with Crippen LogP contribution in [0.15, 0.2) is 12.1 Å². The highest BCUT2D eigenvalue weighted by Gasteiger charge is 2.42. The number of nitrogens with two attached hydrogens (primary N) is 5. The molecule has 2 fully saturated rings. The van der Waals surface area contributed by atoms with Crippen molar-refractivity contribution < 1.29 is 38.1 Å². The fourth-order valence-corrected chi connectivity index (χ4v) is 7.85. The fourth-order valence-electron chi connectivity index (χ4n) is 7.85. The van der Waals surface area contributed by atoms with Gasteiger partial charge in [-0.1, -0.05) is 41.5 Å². The first-order chi connectivity index (χ1) is 22.4. The van der Waals surface area contributed by atoms with E-state index in [0.29, 0.717) is 41.1 Å². The normalized spacial score (nSPS) is 23.2. The summed E-state index contributed by atoms with van der Waals surface area (Å²) < 4.78 is 21.7. The van der Waals surface area contributed by atoms with Crippen LogP contribution in [0.4, 0.5) is 28.4 Å². The lowest BCUT2D eigenvalue weighted by molar-refractivity contribution is -0.156. The highest BCUT2D eigenvalue weighted by Crippen LogP contribution is 2.46. The predicted octanol–water partition coefficient (Wildman–Crippen LogP) is 4.59. The highest BCUT2D eigenvalue weighted by molar-refractivity contribution is 6.31. The van der Waals surface area contributed by atoms with Gasteiger partial charge in [-0.3, -0.25) is 0 Å². The molecule has 0 bridgehead atoms. The second kappa shape index (κ2) is 14.2. The van der Waals surface area contributed by atoms with Crippen molar-refractivity contribution in [2.75, 3.05) is 41.9 Å². The van der Waals surface area contributed by atoms with Crippen LogP contribution < -0.4 is 38.1 Å². The smallest absolute Gasteiger partial charge is 0.423 e. The first-order valence-corrected chi connectivity index (χ1v) is 16.4. The maximum absolute atomic E-state index is 13.3. The average Bonchev–Trinajstić information content (AvgIpc) is 2.97. The molecular formula is C35H49N5O8. The number of anilines is 5. The van der Waals surface area contributed by atoms with Gasteiger partial charge in [0.2, 0.25) is 0 Å². The molecule has 10 N–H and O–H groups in total. The summed E-state index contributed by atoms with van der Waals surface area (Å²) in [5, 5.41) is 0. The number of carbonyl (C=O) groups is 4.